The lowest BCUT2D eigenvalue weighted by Gasteiger charge is -2.12. The van der Waals surface area contributed by atoms with Crippen LogP contribution in [-0.4, -0.2) is 25.7 Å². The van der Waals surface area contributed by atoms with Crippen LogP contribution in [0.5, 0.6) is 11.5 Å². The van der Waals surface area contributed by atoms with Gasteiger partial charge >= 0.3 is 0 Å². The quantitative estimate of drug-likeness (QED) is 0.412. The zero-order valence-electron chi connectivity index (χ0n) is 20.3. The normalized spacial score (nSPS) is 13.0. The molecule has 2 aromatic heterocycles. The van der Waals surface area contributed by atoms with Crippen LogP contribution in [0.3, 0.4) is 0 Å². The van der Waals surface area contributed by atoms with Gasteiger partial charge in [-0.1, -0.05) is 19.4 Å². The first-order chi connectivity index (χ1) is 16.5. The van der Waals surface area contributed by atoms with Crippen LogP contribution in [0.1, 0.15) is 38.1 Å². The average Bonchev–Trinajstić information content (AvgIpc) is 3.19. The van der Waals surface area contributed by atoms with E-state index in [0.29, 0.717) is 11.6 Å². The van der Waals surface area contributed by atoms with Crippen LogP contribution in [0.2, 0.25) is 0 Å². The molecular weight excluding hydrogens is 424 g/mol. The number of rotatable bonds is 7. The molecular formula is C27H30N6O. The third kappa shape index (κ3) is 5.14. The summed E-state index contributed by atoms with van der Waals surface area (Å²) in [7, 11) is 1.98. The maximum atomic E-state index is 6.16. The fourth-order valence-corrected chi connectivity index (χ4v) is 3.68. The number of imidazole rings is 1. The van der Waals surface area contributed by atoms with E-state index in [9.17, 15) is 0 Å². The maximum Gasteiger partial charge on any atom is 0.156 e. The highest BCUT2D eigenvalue weighted by atomic mass is 16.5. The third-order valence-electron chi connectivity index (χ3n) is 5.44. The van der Waals surface area contributed by atoms with Crippen molar-refractivity contribution in [1.29, 1.82) is 0 Å². The van der Waals surface area contributed by atoms with Gasteiger partial charge in [0.15, 0.2) is 5.82 Å². The molecule has 0 saturated carbocycles. The molecule has 0 unspecified atom stereocenters. The Kier molecular flexibility index (Phi) is 7.01. The second-order valence-corrected chi connectivity index (χ2v) is 8.16. The van der Waals surface area contributed by atoms with Crippen molar-refractivity contribution in [3.63, 3.8) is 0 Å². The first-order valence-electron chi connectivity index (χ1n) is 11.5. The molecule has 4 aromatic rings. The molecule has 0 amide bonds. The molecule has 0 atom stereocenters. The Morgan fingerprint density at radius 3 is 2.76 bits per heavy atom. The van der Waals surface area contributed by atoms with Crippen molar-refractivity contribution in [2.45, 2.75) is 40.5 Å². The summed E-state index contributed by atoms with van der Waals surface area (Å²) in [6.07, 6.45) is 9.60. The van der Waals surface area contributed by atoms with E-state index in [2.05, 4.69) is 38.3 Å². The van der Waals surface area contributed by atoms with Crippen LogP contribution in [0.25, 0.3) is 22.9 Å². The lowest BCUT2D eigenvalue weighted by Crippen LogP contribution is -2.33. The van der Waals surface area contributed by atoms with Gasteiger partial charge in [-0.15, -0.1) is 0 Å². The van der Waals surface area contributed by atoms with E-state index in [1.807, 2.05) is 75.0 Å². The topological polar surface area (TPSA) is 77.2 Å². The number of fused-ring (bicyclic) bond motifs is 1. The smallest absolute Gasteiger partial charge is 0.156 e. The maximum absolute atomic E-state index is 6.16. The zero-order chi connectivity index (χ0) is 24.1. The van der Waals surface area contributed by atoms with Crippen molar-refractivity contribution in [2.24, 2.45) is 12.0 Å². The number of nitrogens with one attached hydrogen (secondary N) is 1. The average molecular weight is 455 g/mol. The predicted molar refractivity (Wildman–Crippen MR) is 139 cm³/mol. The van der Waals surface area contributed by atoms with Gasteiger partial charge in [-0.25, -0.2) is 19.9 Å². The molecule has 0 aliphatic carbocycles. The minimum atomic E-state index is 0.684. The second-order valence-electron chi connectivity index (χ2n) is 8.16. The Labute approximate surface area is 199 Å². The van der Waals surface area contributed by atoms with Crippen LogP contribution in [0.15, 0.2) is 53.9 Å². The van der Waals surface area contributed by atoms with Crippen LogP contribution < -0.4 is 20.6 Å². The highest BCUT2D eigenvalue weighted by molar-refractivity contribution is 5.77. The Bertz CT molecular complexity index is 1470. The molecule has 0 spiro atoms. The van der Waals surface area contributed by atoms with E-state index in [0.717, 1.165) is 57.2 Å². The summed E-state index contributed by atoms with van der Waals surface area (Å²) in [5.74, 6) is 2.93. The van der Waals surface area contributed by atoms with Crippen LogP contribution in [-0.2, 0) is 7.05 Å². The summed E-state index contributed by atoms with van der Waals surface area (Å²) in [6, 6.07) is 11.9. The number of benzene rings is 2. The van der Waals surface area contributed by atoms with Crippen LogP contribution >= 0.6 is 0 Å². The number of hydrogen-bond donors (Lipinski definition) is 1. The van der Waals surface area contributed by atoms with Crippen LogP contribution in [0.4, 0.5) is 5.69 Å². The van der Waals surface area contributed by atoms with Crippen molar-refractivity contribution in [1.82, 2.24) is 19.5 Å². The number of nitrogens with zero attached hydrogens (tertiary/aromatic N) is 5. The Morgan fingerprint density at radius 2 is 2.00 bits per heavy atom. The first kappa shape index (κ1) is 23.2. The molecule has 4 rings (SSSR count). The van der Waals surface area contributed by atoms with Gasteiger partial charge in [0.1, 0.15) is 22.7 Å². The summed E-state index contributed by atoms with van der Waals surface area (Å²) in [5.41, 5.74) is 3.88. The molecule has 0 radical (unpaired) electrons. The molecule has 7 nitrogen and oxygen atoms in total. The number of hydrogen-bond acceptors (Lipinski definition) is 6. The van der Waals surface area contributed by atoms with Gasteiger partial charge in [0.25, 0.3) is 0 Å². The summed E-state index contributed by atoms with van der Waals surface area (Å²) >= 11 is 0. The SMILES string of the molecule is C\C=N/C(Nc1ccc(Oc2ccc3c(c2)ncn3C)c(C)c1)=c1/nc(C)nc/c1=C\CCC. The van der Waals surface area contributed by atoms with Crippen molar-refractivity contribution in [3.8, 4) is 11.5 Å². The highest BCUT2D eigenvalue weighted by Crippen LogP contribution is 2.29. The van der Waals surface area contributed by atoms with Gasteiger partial charge in [-0.05, 0) is 63.1 Å². The largest absolute Gasteiger partial charge is 0.457 e. The molecule has 174 valence electrons. The number of aromatic nitrogens is 4. The van der Waals surface area contributed by atoms with Crippen LogP contribution in [0, 0.1) is 13.8 Å². The van der Waals surface area contributed by atoms with E-state index in [1.165, 1.54) is 0 Å². The van der Waals surface area contributed by atoms with Gasteiger partial charge in [0, 0.05) is 36.4 Å². The molecule has 34 heavy (non-hydrogen) atoms. The van der Waals surface area contributed by atoms with Crippen molar-refractivity contribution < 1.29 is 4.74 Å². The van der Waals surface area contributed by atoms with Gasteiger partial charge in [0.05, 0.1) is 17.4 Å². The van der Waals surface area contributed by atoms with Gasteiger partial charge < -0.3 is 14.6 Å². The van der Waals surface area contributed by atoms with E-state index in [-0.39, 0.29) is 0 Å². The van der Waals surface area contributed by atoms with Crippen molar-refractivity contribution in [2.75, 3.05) is 5.32 Å². The van der Waals surface area contributed by atoms with E-state index in [1.54, 1.807) is 12.5 Å². The molecule has 0 aliphatic heterocycles. The lowest BCUT2D eigenvalue weighted by atomic mass is 10.2. The molecule has 1 N–H and O–H groups in total. The molecule has 2 aromatic carbocycles. The molecule has 0 fully saturated rings. The van der Waals surface area contributed by atoms with Gasteiger partial charge in [-0.3, -0.25) is 0 Å². The van der Waals surface area contributed by atoms with E-state index >= 15 is 0 Å². The van der Waals surface area contributed by atoms with Crippen molar-refractivity contribution >= 4 is 34.8 Å². The minimum absolute atomic E-state index is 0.684. The van der Waals surface area contributed by atoms with Crippen molar-refractivity contribution in [3.05, 3.63) is 70.9 Å². The van der Waals surface area contributed by atoms with E-state index in [4.69, 9.17) is 4.74 Å². The fourth-order valence-electron chi connectivity index (χ4n) is 3.68. The summed E-state index contributed by atoms with van der Waals surface area (Å²) in [6.45, 7) is 7.96. The Hall–Kier alpha value is -4.00. The van der Waals surface area contributed by atoms with E-state index < -0.39 is 0 Å². The second kappa shape index (κ2) is 10.3. The summed E-state index contributed by atoms with van der Waals surface area (Å²) in [5, 5.41) is 5.21. The standard InChI is InChI=1S/C27H30N6O/c1-6-8-9-20-16-29-19(4)31-26(20)27(28-7-2)32-21-10-13-25(18(3)14-21)34-22-11-12-24-23(15-22)30-17-33(24)5/h7,9-17,32H,6,8H2,1-5H3/b20-9+,27-26-,28-7-. The Morgan fingerprint density at radius 1 is 1.15 bits per heavy atom. The van der Waals surface area contributed by atoms with Gasteiger partial charge in [0.2, 0.25) is 0 Å². The Balaban J connectivity index is 1.65. The molecule has 0 bridgehead atoms. The number of aryl methyl sites for hydroxylation is 3. The molecule has 2 heterocycles. The monoisotopic (exact) mass is 454 g/mol. The number of anilines is 1. The fraction of sp³-hybridized carbons (Fsp3) is 0.259. The molecule has 7 heteroatoms. The molecule has 0 saturated heterocycles. The first-order valence-corrected chi connectivity index (χ1v) is 11.5. The lowest BCUT2D eigenvalue weighted by molar-refractivity contribution is 0.479. The molecule has 0 aliphatic rings. The zero-order valence-corrected chi connectivity index (χ0v) is 20.3. The summed E-state index contributed by atoms with van der Waals surface area (Å²) in [4.78, 5) is 18.0. The number of aliphatic imine (C=N–C) groups is 1. The minimum Gasteiger partial charge on any atom is -0.457 e. The summed E-state index contributed by atoms with van der Waals surface area (Å²) < 4.78 is 8.15. The van der Waals surface area contributed by atoms with Gasteiger partial charge in [-0.2, -0.15) is 0 Å². The number of unbranched alkanes of at least 4 members (excludes halogenated alkanes) is 1. The highest BCUT2D eigenvalue weighted by Gasteiger charge is 2.08. The predicted octanol–water partition coefficient (Wildman–Crippen LogP) is 4.62. The number of ether oxygens (including phenoxy) is 1. The third-order valence-corrected chi connectivity index (χ3v) is 5.44.